The van der Waals surface area contributed by atoms with Crippen molar-refractivity contribution in [1.82, 2.24) is 5.32 Å². The minimum Gasteiger partial charge on any atom is -0.496 e. The van der Waals surface area contributed by atoms with Crippen LogP contribution in [0.4, 0.5) is 0 Å². The molecule has 0 aliphatic heterocycles. The van der Waals surface area contributed by atoms with Crippen LogP contribution in [0, 0.1) is 0 Å². The average Bonchev–Trinajstić information content (AvgIpc) is 2.33. The van der Waals surface area contributed by atoms with Crippen molar-refractivity contribution in [2.75, 3.05) is 13.7 Å². The zero-order chi connectivity index (χ0) is 14.5. The Bertz CT molecular complexity index is 394. The third kappa shape index (κ3) is 5.21. The fourth-order valence-corrected chi connectivity index (χ4v) is 2.01. The highest BCUT2D eigenvalue weighted by molar-refractivity contribution is 5.41. The Morgan fingerprint density at radius 3 is 2.53 bits per heavy atom. The van der Waals surface area contributed by atoms with Gasteiger partial charge in [-0.1, -0.05) is 32.9 Å². The zero-order valence-corrected chi connectivity index (χ0v) is 12.9. The highest BCUT2D eigenvalue weighted by Crippen LogP contribution is 2.31. The molecule has 0 aliphatic rings. The van der Waals surface area contributed by atoms with Gasteiger partial charge < -0.3 is 15.8 Å². The minimum absolute atomic E-state index is 0.0904. The van der Waals surface area contributed by atoms with E-state index in [1.54, 1.807) is 7.11 Å². The second kappa shape index (κ2) is 6.92. The third-order valence-corrected chi connectivity index (χ3v) is 3.18. The topological polar surface area (TPSA) is 47.3 Å². The fourth-order valence-electron chi connectivity index (χ4n) is 2.01. The van der Waals surface area contributed by atoms with E-state index in [1.807, 2.05) is 6.92 Å². The van der Waals surface area contributed by atoms with E-state index in [0.717, 1.165) is 25.3 Å². The van der Waals surface area contributed by atoms with Gasteiger partial charge >= 0.3 is 0 Å². The van der Waals surface area contributed by atoms with Crippen molar-refractivity contribution < 1.29 is 4.74 Å². The molecule has 0 heterocycles. The molecule has 1 aromatic carbocycles. The predicted molar refractivity (Wildman–Crippen MR) is 81.7 cm³/mol. The van der Waals surface area contributed by atoms with Crippen LogP contribution in [-0.4, -0.2) is 19.7 Å². The first kappa shape index (κ1) is 16.0. The summed E-state index contributed by atoms with van der Waals surface area (Å²) in [6.45, 7) is 10.5. The number of rotatable bonds is 6. The van der Waals surface area contributed by atoms with Crippen molar-refractivity contribution in [3.63, 3.8) is 0 Å². The van der Waals surface area contributed by atoms with E-state index in [4.69, 9.17) is 10.5 Å². The summed E-state index contributed by atoms with van der Waals surface area (Å²) in [5, 5.41) is 3.43. The lowest BCUT2D eigenvalue weighted by Gasteiger charge is -2.23. The van der Waals surface area contributed by atoms with Gasteiger partial charge in [0, 0.05) is 12.6 Å². The van der Waals surface area contributed by atoms with E-state index in [-0.39, 0.29) is 11.5 Å². The molecule has 0 aliphatic carbocycles. The summed E-state index contributed by atoms with van der Waals surface area (Å²) in [4.78, 5) is 0. The first-order valence-electron chi connectivity index (χ1n) is 6.98. The molecule has 0 amide bonds. The first-order chi connectivity index (χ1) is 8.84. The van der Waals surface area contributed by atoms with Crippen molar-refractivity contribution in [2.24, 2.45) is 5.73 Å². The number of ether oxygens (including phenoxy) is 1. The molecule has 108 valence electrons. The van der Waals surface area contributed by atoms with Crippen molar-refractivity contribution in [1.29, 1.82) is 0 Å². The summed E-state index contributed by atoms with van der Waals surface area (Å²) in [5.41, 5.74) is 8.36. The molecule has 0 aromatic heterocycles. The summed E-state index contributed by atoms with van der Waals surface area (Å²) in [7, 11) is 1.73. The average molecular weight is 264 g/mol. The maximum atomic E-state index is 5.73. The highest BCUT2D eigenvalue weighted by atomic mass is 16.5. The molecule has 0 saturated heterocycles. The van der Waals surface area contributed by atoms with Crippen molar-refractivity contribution in [2.45, 2.75) is 52.1 Å². The lowest BCUT2D eigenvalue weighted by molar-refractivity contribution is 0.397. The molecule has 0 saturated carbocycles. The normalized spacial score (nSPS) is 13.4. The molecular formula is C16H28N2O. The van der Waals surface area contributed by atoms with Gasteiger partial charge in [0.2, 0.25) is 0 Å². The van der Waals surface area contributed by atoms with E-state index in [9.17, 15) is 0 Å². The number of methoxy groups -OCH3 is 1. The van der Waals surface area contributed by atoms with Gasteiger partial charge in [-0.05, 0) is 42.5 Å². The summed E-state index contributed by atoms with van der Waals surface area (Å²) in [6, 6.07) is 6.67. The number of nitrogens with two attached hydrogens (primary N) is 1. The van der Waals surface area contributed by atoms with E-state index in [1.165, 1.54) is 11.1 Å². The smallest absolute Gasteiger partial charge is 0.122 e. The first-order valence-corrected chi connectivity index (χ1v) is 6.98. The second-order valence-corrected chi connectivity index (χ2v) is 6.23. The Morgan fingerprint density at radius 1 is 1.32 bits per heavy atom. The zero-order valence-electron chi connectivity index (χ0n) is 12.9. The molecule has 0 fully saturated rings. The van der Waals surface area contributed by atoms with E-state index < -0.39 is 0 Å². The quantitative estimate of drug-likeness (QED) is 0.777. The Hall–Kier alpha value is -1.06. The molecule has 1 rings (SSSR count). The Morgan fingerprint density at radius 2 is 2.00 bits per heavy atom. The maximum absolute atomic E-state index is 5.73. The molecule has 1 aromatic rings. The lowest BCUT2D eigenvalue weighted by Crippen LogP contribution is -2.23. The van der Waals surface area contributed by atoms with Gasteiger partial charge in [0.1, 0.15) is 5.75 Å². The maximum Gasteiger partial charge on any atom is 0.122 e. The summed E-state index contributed by atoms with van der Waals surface area (Å²) < 4.78 is 5.45. The van der Waals surface area contributed by atoms with Crippen molar-refractivity contribution >= 4 is 0 Å². The Kier molecular flexibility index (Phi) is 5.83. The van der Waals surface area contributed by atoms with Gasteiger partial charge in [-0.15, -0.1) is 0 Å². The third-order valence-electron chi connectivity index (χ3n) is 3.18. The number of benzene rings is 1. The van der Waals surface area contributed by atoms with Gasteiger partial charge in [-0.2, -0.15) is 0 Å². The van der Waals surface area contributed by atoms with Crippen LogP contribution in [0.25, 0.3) is 0 Å². The molecule has 0 spiro atoms. The minimum atomic E-state index is 0.0904. The largest absolute Gasteiger partial charge is 0.496 e. The van der Waals surface area contributed by atoms with Gasteiger partial charge in [0.25, 0.3) is 0 Å². The van der Waals surface area contributed by atoms with Crippen LogP contribution in [0.5, 0.6) is 5.75 Å². The fraction of sp³-hybridized carbons (Fsp3) is 0.625. The van der Waals surface area contributed by atoms with Crippen molar-refractivity contribution in [3.8, 4) is 5.75 Å². The summed E-state index contributed by atoms with van der Waals surface area (Å²) >= 11 is 0. The molecule has 1 atom stereocenters. The SMILES string of the molecule is COc1ccc(CNCCC(C)N)cc1C(C)(C)C. The van der Waals surface area contributed by atoms with Crippen LogP contribution < -0.4 is 15.8 Å². The van der Waals surface area contributed by atoms with E-state index in [2.05, 4.69) is 44.3 Å². The molecule has 19 heavy (non-hydrogen) atoms. The van der Waals surface area contributed by atoms with Gasteiger partial charge in [-0.3, -0.25) is 0 Å². The molecule has 3 nitrogen and oxygen atoms in total. The van der Waals surface area contributed by atoms with E-state index in [0.29, 0.717) is 0 Å². The number of nitrogens with one attached hydrogen (secondary N) is 1. The molecule has 0 radical (unpaired) electrons. The van der Waals surface area contributed by atoms with E-state index >= 15 is 0 Å². The number of hydrogen-bond donors (Lipinski definition) is 2. The summed E-state index contributed by atoms with van der Waals surface area (Å²) in [6.07, 6.45) is 1.00. The van der Waals surface area contributed by atoms with Crippen LogP contribution in [0.1, 0.15) is 45.2 Å². The molecule has 3 N–H and O–H groups in total. The highest BCUT2D eigenvalue weighted by Gasteiger charge is 2.19. The molecule has 0 bridgehead atoms. The number of hydrogen-bond acceptors (Lipinski definition) is 3. The lowest BCUT2D eigenvalue weighted by atomic mass is 9.85. The van der Waals surface area contributed by atoms with Crippen LogP contribution >= 0.6 is 0 Å². The Balaban J connectivity index is 2.70. The molecule has 3 heteroatoms. The predicted octanol–water partition coefficient (Wildman–Crippen LogP) is 2.82. The molecular weight excluding hydrogens is 236 g/mol. The second-order valence-electron chi connectivity index (χ2n) is 6.23. The van der Waals surface area contributed by atoms with Gasteiger partial charge in [-0.25, -0.2) is 0 Å². The molecule has 1 unspecified atom stereocenters. The monoisotopic (exact) mass is 264 g/mol. The van der Waals surface area contributed by atoms with Gasteiger partial charge in [0.05, 0.1) is 7.11 Å². The van der Waals surface area contributed by atoms with Crippen LogP contribution in [0.15, 0.2) is 18.2 Å². The van der Waals surface area contributed by atoms with Crippen LogP contribution in [0.2, 0.25) is 0 Å². The summed E-state index contributed by atoms with van der Waals surface area (Å²) in [5.74, 6) is 0.965. The standard InChI is InChI=1S/C16H28N2O/c1-12(17)8-9-18-11-13-6-7-15(19-5)14(10-13)16(2,3)4/h6-7,10,12,18H,8-9,11,17H2,1-5H3. The van der Waals surface area contributed by atoms with Gasteiger partial charge in [0.15, 0.2) is 0 Å². The van der Waals surface area contributed by atoms with Crippen LogP contribution in [-0.2, 0) is 12.0 Å². The Labute approximate surface area is 117 Å². The van der Waals surface area contributed by atoms with Crippen LogP contribution in [0.3, 0.4) is 0 Å². The van der Waals surface area contributed by atoms with Crippen molar-refractivity contribution in [3.05, 3.63) is 29.3 Å².